The molecule has 38 heavy (non-hydrogen) atoms. The lowest BCUT2D eigenvalue weighted by Crippen LogP contribution is -1.98. The van der Waals surface area contributed by atoms with Crippen LogP contribution >= 0.6 is 0 Å². The number of fused-ring (bicyclic) bond motifs is 6. The topological polar surface area (TPSA) is 4.93 Å². The monoisotopic (exact) mass is 483 g/mol. The number of rotatable bonds is 3. The van der Waals surface area contributed by atoms with E-state index in [4.69, 9.17) is 0 Å². The van der Waals surface area contributed by atoms with Crippen LogP contribution in [-0.4, -0.2) is 4.57 Å². The van der Waals surface area contributed by atoms with Crippen molar-refractivity contribution in [3.63, 3.8) is 0 Å². The standard InChI is InChI=1S/C37H25N/c1-3-12-25(13-4-1)36-31-17-7-8-18-32(31)37-28(19-11-20-33(36)37)26-22-23-30-29-16-9-10-21-34(29)38(35(30)24-26)27-14-5-2-6-15-27/h1-24,36H. The van der Waals surface area contributed by atoms with E-state index in [0.29, 0.717) is 0 Å². The van der Waals surface area contributed by atoms with Crippen LogP contribution in [0.1, 0.15) is 22.6 Å². The summed E-state index contributed by atoms with van der Waals surface area (Å²) in [6.45, 7) is 0. The van der Waals surface area contributed by atoms with Crippen molar-refractivity contribution < 1.29 is 0 Å². The van der Waals surface area contributed by atoms with Gasteiger partial charge in [-0.1, -0.05) is 121 Å². The average Bonchev–Trinajstić information content (AvgIpc) is 3.51. The normalized spacial score (nSPS) is 14.1. The molecule has 0 N–H and O–H groups in total. The van der Waals surface area contributed by atoms with Crippen LogP contribution in [0, 0.1) is 0 Å². The third-order valence-electron chi connectivity index (χ3n) is 8.08. The Morgan fingerprint density at radius 3 is 1.97 bits per heavy atom. The van der Waals surface area contributed by atoms with Crippen LogP contribution in [-0.2, 0) is 0 Å². The first kappa shape index (κ1) is 21.2. The van der Waals surface area contributed by atoms with Gasteiger partial charge in [-0.25, -0.2) is 0 Å². The number of aromatic nitrogens is 1. The second-order valence-corrected chi connectivity index (χ2v) is 10.1. The van der Waals surface area contributed by atoms with Gasteiger partial charge in [-0.3, -0.25) is 0 Å². The molecule has 1 aliphatic rings. The van der Waals surface area contributed by atoms with Gasteiger partial charge in [0.2, 0.25) is 0 Å². The maximum atomic E-state index is 2.40. The van der Waals surface area contributed by atoms with Crippen molar-refractivity contribution in [1.29, 1.82) is 0 Å². The van der Waals surface area contributed by atoms with E-state index in [2.05, 4.69) is 150 Å². The minimum absolute atomic E-state index is 0.252. The van der Waals surface area contributed by atoms with Crippen molar-refractivity contribution >= 4 is 21.8 Å². The molecule has 1 heteroatoms. The third kappa shape index (κ3) is 3.06. The molecule has 1 heterocycles. The van der Waals surface area contributed by atoms with Gasteiger partial charge in [0.25, 0.3) is 0 Å². The molecule has 8 rings (SSSR count). The molecule has 0 saturated carbocycles. The average molecular weight is 484 g/mol. The summed E-state index contributed by atoms with van der Waals surface area (Å²) in [7, 11) is 0. The van der Waals surface area contributed by atoms with Gasteiger partial charge in [0.05, 0.1) is 11.0 Å². The molecule has 0 amide bonds. The van der Waals surface area contributed by atoms with Crippen molar-refractivity contribution in [2.75, 3.05) is 0 Å². The summed E-state index contributed by atoms with van der Waals surface area (Å²) in [5.74, 6) is 0.252. The molecular formula is C37H25N. The van der Waals surface area contributed by atoms with E-state index in [0.717, 1.165) is 0 Å². The number of para-hydroxylation sites is 2. The zero-order chi connectivity index (χ0) is 25.1. The number of nitrogens with zero attached hydrogens (tertiary/aromatic N) is 1. The highest BCUT2D eigenvalue weighted by molar-refractivity contribution is 6.10. The lowest BCUT2D eigenvalue weighted by atomic mass is 9.88. The summed E-state index contributed by atoms with van der Waals surface area (Å²) in [6, 6.07) is 53.1. The lowest BCUT2D eigenvalue weighted by Gasteiger charge is -2.15. The van der Waals surface area contributed by atoms with Crippen LogP contribution < -0.4 is 0 Å². The first-order valence-electron chi connectivity index (χ1n) is 13.2. The van der Waals surface area contributed by atoms with E-state index in [1.807, 2.05) is 0 Å². The van der Waals surface area contributed by atoms with Gasteiger partial charge < -0.3 is 4.57 Å². The summed E-state index contributed by atoms with van der Waals surface area (Å²) in [5, 5.41) is 2.56. The smallest absolute Gasteiger partial charge is 0.0547 e. The molecule has 1 aliphatic carbocycles. The predicted octanol–water partition coefficient (Wildman–Crippen LogP) is 9.61. The van der Waals surface area contributed by atoms with Crippen LogP contribution in [0.15, 0.2) is 146 Å². The van der Waals surface area contributed by atoms with Crippen molar-refractivity contribution in [3.05, 3.63) is 162 Å². The highest BCUT2D eigenvalue weighted by Crippen LogP contribution is 2.51. The van der Waals surface area contributed by atoms with Gasteiger partial charge in [-0.2, -0.15) is 0 Å². The van der Waals surface area contributed by atoms with E-state index in [9.17, 15) is 0 Å². The van der Waals surface area contributed by atoms with Crippen molar-refractivity contribution in [2.45, 2.75) is 5.92 Å². The van der Waals surface area contributed by atoms with Crippen LogP contribution in [0.3, 0.4) is 0 Å². The molecule has 178 valence electrons. The molecule has 0 spiro atoms. The van der Waals surface area contributed by atoms with Crippen LogP contribution in [0.2, 0.25) is 0 Å². The fraction of sp³-hybridized carbons (Fsp3) is 0.0270. The molecule has 1 unspecified atom stereocenters. The maximum Gasteiger partial charge on any atom is 0.0547 e. The SMILES string of the molecule is c1ccc(C2c3ccccc3-c3c(-c4ccc5c6ccccc6n(-c6ccccc6)c5c4)cccc32)cc1. The summed E-state index contributed by atoms with van der Waals surface area (Å²) < 4.78 is 2.40. The minimum Gasteiger partial charge on any atom is -0.309 e. The van der Waals surface area contributed by atoms with Crippen molar-refractivity contribution in [2.24, 2.45) is 0 Å². The van der Waals surface area contributed by atoms with E-state index >= 15 is 0 Å². The molecule has 6 aromatic carbocycles. The van der Waals surface area contributed by atoms with Crippen LogP contribution in [0.4, 0.5) is 0 Å². The zero-order valence-corrected chi connectivity index (χ0v) is 20.9. The van der Waals surface area contributed by atoms with Crippen molar-refractivity contribution in [1.82, 2.24) is 4.57 Å². The fourth-order valence-corrected chi connectivity index (χ4v) is 6.49. The molecule has 0 fully saturated rings. The molecule has 0 aliphatic heterocycles. The number of hydrogen-bond donors (Lipinski definition) is 0. The Morgan fingerprint density at radius 2 is 1.11 bits per heavy atom. The Bertz CT molecular complexity index is 1960. The van der Waals surface area contributed by atoms with Crippen LogP contribution in [0.5, 0.6) is 0 Å². The minimum atomic E-state index is 0.252. The molecule has 0 radical (unpaired) electrons. The lowest BCUT2D eigenvalue weighted by molar-refractivity contribution is 1.02. The molecule has 0 bridgehead atoms. The predicted molar refractivity (Wildman–Crippen MR) is 159 cm³/mol. The van der Waals surface area contributed by atoms with E-state index in [1.165, 1.54) is 66.4 Å². The quantitative estimate of drug-likeness (QED) is 0.236. The second kappa shape index (κ2) is 8.33. The van der Waals surface area contributed by atoms with Gasteiger partial charge in [0, 0.05) is 22.4 Å². The first-order valence-corrected chi connectivity index (χ1v) is 13.2. The zero-order valence-electron chi connectivity index (χ0n) is 20.9. The Kier molecular flexibility index (Phi) is 4.65. The molecule has 0 saturated heterocycles. The van der Waals surface area contributed by atoms with Crippen molar-refractivity contribution in [3.8, 4) is 27.9 Å². The summed E-state index contributed by atoms with van der Waals surface area (Å²) in [5.41, 5.74) is 13.0. The summed E-state index contributed by atoms with van der Waals surface area (Å²) in [6.07, 6.45) is 0. The molecule has 1 aromatic heterocycles. The van der Waals surface area contributed by atoms with Crippen LogP contribution in [0.25, 0.3) is 49.7 Å². The fourth-order valence-electron chi connectivity index (χ4n) is 6.49. The van der Waals surface area contributed by atoms with Gasteiger partial charge >= 0.3 is 0 Å². The van der Waals surface area contributed by atoms with Gasteiger partial charge in [-0.15, -0.1) is 0 Å². The maximum absolute atomic E-state index is 2.40. The van der Waals surface area contributed by atoms with E-state index in [-0.39, 0.29) is 5.92 Å². The Balaban J connectivity index is 1.40. The summed E-state index contributed by atoms with van der Waals surface area (Å²) in [4.78, 5) is 0. The largest absolute Gasteiger partial charge is 0.309 e. The third-order valence-corrected chi connectivity index (χ3v) is 8.08. The Labute approximate surface area is 222 Å². The molecule has 1 atom stereocenters. The highest BCUT2D eigenvalue weighted by atomic mass is 15.0. The second-order valence-electron chi connectivity index (χ2n) is 10.1. The Morgan fingerprint density at radius 1 is 0.447 bits per heavy atom. The number of benzene rings is 6. The molecule has 7 aromatic rings. The molecule has 1 nitrogen and oxygen atoms in total. The van der Waals surface area contributed by atoms with Gasteiger partial charge in [0.1, 0.15) is 0 Å². The van der Waals surface area contributed by atoms with E-state index < -0.39 is 0 Å². The number of hydrogen-bond acceptors (Lipinski definition) is 0. The highest BCUT2D eigenvalue weighted by Gasteiger charge is 2.31. The Hall–Kier alpha value is -4.88. The van der Waals surface area contributed by atoms with E-state index in [1.54, 1.807) is 0 Å². The van der Waals surface area contributed by atoms with Gasteiger partial charge in [0.15, 0.2) is 0 Å². The first-order chi connectivity index (χ1) is 18.9. The van der Waals surface area contributed by atoms with Gasteiger partial charge in [-0.05, 0) is 63.2 Å². The molecular weight excluding hydrogens is 458 g/mol. The summed E-state index contributed by atoms with van der Waals surface area (Å²) >= 11 is 0.